The summed E-state index contributed by atoms with van der Waals surface area (Å²) in [4.78, 5) is 10.9. The molecule has 3 heteroatoms. The summed E-state index contributed by atoms with van der Waals surface area (Å²) in [6, 6.07) is 7.72. The van der Waals surface area contributed by atoms with Crippen molar-refractivity contribution in [2.75, 3.05) is 7.11 Å². The Balaban J connectivity index is 1.89. The second-order valence-electron chi connectivity index (χ2n) is 4.74. The minimum atomic E-state index is -0.348. The van der Waals surface area contributed by atoms with E-state index in [1.54, 1.807) is 6.08 Å². The highest BCUT2D eigenvalue weighted by atomic mass is 16.5. The van der Waals surface area contributed by atoms with Gasteiger partial charge in [-0.25, -0.2) is 4.79 Å². The highest BCUT2D eigenvalue weighted by Crippen LogP contribution is 2.30. The van der Waals surface area contributed by atoms with Crippen molar-refractivity contribution >= 4 is 12.0 Å². The van der Waals surface area contributed by atoms with Crippen LogP contribution in [0, 0.1) is 5.92 Å². The molecule has 1 aliphatic rings. The molecule has 0 atom stereocenters. The lowest BCUT2D eigenvalue weighted by Gasteiger charge is -2.32. The van der Waals surface area contributed by atoms with E-state index in [1.807, 2.05) is 24.3 Å². The molecule has 0 radical (unpaired) electrons. The van der Waals surface area contributed by atoms with Crippen LogP contribution in [-0.2, 0) is 9.53 Å². The van der Waals surface area contributed by atoms with Crippen LogP contribution in [0.5, 0.6) is 5.75 Å². The van der Waals surface area contributed by atoms with Gasteiger partial charge in [-0.1, -0.05) is 19.1 Å². The SMILES string of the molecule is COC(=O)/C=C/c1ccc(OC2CC(C)C2)cc1. The van der Waals surface area contributed by atoms with E-state index in [1.165, 1.54) is 13.2 Å². The minimum Gasteiger partial charge on any atom is -0.490 e. The zero-order valence-corrected chi connectivity index (χ0v) is 10.8. The number of carbonyl (C=O) groups excluding carboxylic acids is 1. The average Bonchev–Trinajstić information content (AvgIpc) is 2.35. The van der Waals surface area contributed by atoms with Crippen LogP contribution in [0.1, 0.15) is 25.3 Å². The standard InChI is InChI=1S/C15H18O3/c1-11-9-14(10-11)18-13-6-3-12(4-7-13)5-8-15(16)17-2/h3-8,11,14H,9-10H2,1-2H3/b8-5+. The maximum atomic E-state index is 10.9. The summed E-state index contributed by atoms with van der Waals surface area (Å²) in [5, 5.41) is 0. The zero-order valence-electron chi connectivity index (χ0n) is 10.8. The first-order valence-corrected chi connectivity index (χ1v) is 6.20. The predicted octanol–water partition coefficient (Wildman–Crippen LogP) is 3.05. The van der Waals surface area contributed by atoms with Crippen molar-refractivity contribution in [3.63, 3.8) is 0 Å². The van der Waals surface area contributed by atoms with Gasteiger partial charge in [0, 0.05) is 6.08 Å². The summed E-state index contributed by atoms with van der Waals surface area (Å²) in [6.07, 6.45) is 5.79. The van der Waals surface area contributed by atoms with Crippen LogP contribution in [0.15, 0.2) is 30.3 Å². The van der Waals surface area contributed by atoms with Crippen LogP contribution in [0.3, 0.4) is 0 Å². The predicted molar refractivity (Wildman–Crippen MR) is 70.3 cm³/mol. The Bertz CT molecular complexity index is 428. The molecule has 0 aliphatic heterocycles. The largest absolute Gasteiger partial charge is 0.490 e. The Kier molecular flexibility index (Phi) is 4.03. The van der Waals surface area contributed by atoms with Crippen molar-refractivity contribution in [1.29, 1.82) is 0 Å². The Morgan fingerprint density at radius 1 is 1.28 bits per heavy atom. The monoisotopic (exact) mass is 246 g/mol. The van der Waals surface area contributed by atoms with Crippen LogP contribution >= 0.6 is 0 Å². The molecule has 0 bridgehead atoms. The zero-order chi connectivity index (χ0) is 13.0. The number of esters is 1. The molecule has 0 heterocycles. The average molecular weight is 246 g/mol. The molecule has 1 aromatic rings. The summed E-state index contributed by atoms with van der Waals surface area (Å²) < 4.78 is 10.3. The summed E-state index contributed by atoms with van der Waals surface area (Å²) in [5.41, 5.74) is 0.953. The van der Waals surface area contributed by atoms with Gasteiger partial charge in [-0.3, -0.25) is 0 Å². The summed E-state index contributed by atoms with van der Waals surface area (Å²) in [5.74, 6) is 1.33. The van der Waals surface area contributed by atoms with Crippen LogP contribution in [-0.4, -0.2) is 19.2 Å². The smallest absolute Gasteiger partial charge is 0.330 e. The fourth-order valence-electron chi connectivity index (χ4n) is 2.01. The van der Waals surface area contributed by atoms with E-state index in [2.05, 4.69) is 11.7 Å². The van der Waals surface area contributed by atoms with Crippen LogP contribution in [0.4, 0.5) is 0 Å². The van der Waals surface area contributed by atoms with Crippen LogP contribution < -0.4 is 4.74 Å². The van der Waals surface area contributed by atoms with E-state index in [9.17, 15) is 4.79 Å². The first-order valence-electron chi connectivity index (χ1n) is 6.20. The maximum Gasteiger partial charge on any atom is 0.330 e. The fourth-order valence-corrected chi connectivity index (χ4v) is 2.01. The van der Waals surface area contributed by atoms with Gasteiger partial charge in [-0.15, -0.1) is 0 Å². The minimum absolute atomic E-state index is 0.348. The number of carbonyl (C=O) groups is 1. The number of benzene rings is 1. The molecular weight excluding hydrogens is 228 g/mol. The first-order chi connectivity index (χ1) is 8.67. The Morgan fingerprint density at radius 3 is 2.50 bits per heavy atom. The maximum absolute atomic E-state index is 10.9. The van der Waals surface area contributed by atoms with E-state index >= 15 is 0 Å². The van der Waals surface area contributed by atoms with Crippen molar-refractivity contribution in [3.8, 4) is 5.75 Å². The van der Waals surface area contributed by atoms with Crippen LogP contribution in [0.2, 0.25) is 0 Å². The molecule has 0 spiro atoms. The highest BCUT2D eigenvalue weighted by molar-refractivity contribution is 5.86. The fraction of sp³-hybridized carbons (Fsp3) is 0.400. The molecule has 0 saturated heterocycles. The van der Waals surface area contributed by atoms with Gasteiger partial charge in [0.25, 0.3) is 0 Å². The normalized spacial score (nSPS) is 22.6. The number of methoxy groups -OCH3 is 1. The van der Waals surface area contributed by atoms with Gasteiger partial charge in [-0.2, -0.15) is 0 Å². The molecular formula is C15H18O3. The van der Waals surface area contributed by atoms with Gasteiger partial charge in [0.2, 0.25) is 0 Å². The quantitative estimate of drug-likeness (QED) is 0.605. The number of hydrogen-bond acceptors (Lipinski definition) is 3. The third-order valence-corrected chi connectivity index (χ3v) is 3.13. The van der Waals surface area contributed by atoms with Gasteiger partial charge in [0.05, 0.1) is 13.2 Å². The number of hydrogen-bond donors (Lipinski definition) is 0. The van der Waals surface area contributed by atoms with Crippen molar-refractivity contribution in [1.82, 2.24) is 0 Å². The molecule has 2 rings (SSSR count). The Labute approximate surface area is 107 Å². The van der Waals surface area contributed by atoms with Crippen molar-refractivity contribution in [3.05, 3.63) is 35.9 Å². The molecule has 96 valence electrons. The van der Waals surface area contributed by atoms with Gasteiger partial charge >= 0.3 is 5.97 Å². The molecule has 1 aromatic carbocycles. The summed E-state index contributed by atoms with van der Waals surface area (Å²) >= 11 is 0. The molecule has 0 amide bonds. The molecule has 1 fully saturated rings. The van der Waals surface area contributed by atoms with Crippen molar-refractivity contribution in [2.45, 2.75) is 25.9 Å². The molecule has 0 aromatic heterocycles. The second-order valence-corrected chi connectivity index (χ2v) is 4.74. The highest BCUT2D eigenvalue weighted by Gasteiger charge is 2.26. The Morgan fingerprint density at radius 2 is 1.94 bits per heavy atom. The lowest BCUT2D eigenvalue weighted by Crippen LogP contribution is -2.31. The van der Waals surface area contributed by atoms with Gasteiger partial charge in [-0.05, 0) is 42.5 Å². The van der Waals surface area contributed by atoms with Gasteiger partial charge in [0.1, 0.15) is 5.75 Å². The van der Waals surface area contributed by atoms with E-state index in [-0.39, 0.29) is 5.97 Å². The molecule has 1 saturated carbocycles. The van der Waals surface area contributed by atoms with Gasteiger partial charge in [0.15, 0.2) is 0 Å². The third kappa shape index (κ3) is 3.36. The number of ether oxygens (including phenoxy) is 2. The van der Waals surface area contributed by atoms with Crippen molar-refractivity contribution < 1.29 is 14.3 Å². The lowest BCUT2D eigenvalue weighted by atomic mass is 9.84. The third-order valence-electron chi connectivity index (χ3n) is 3.13. The molecule has 0 N–H and O–H groups in total. The first kappa shape index (κ1) is 12.7. The van der Waals surface area contributed by atoms with Crippen LogP contribution in [0.25, 0.3) is 6.08 Å². The molecule has 1 aliphatic carbocycles. The topological polar surface area (TPSA) is 35.5 Å². The molecule has 18 heavy (non-hydrogen) atoms. The molecule has 3 nitrogen and oxygen atoms in total. The summed E-state index contributed by atoms with van der Waals surface area (Å²) in [6.45, 7) is 2.24. The van der Waals surface area contributed by atoms with Gasteiger partial charge < -0.3 is 9.47 Å². The van der Waals surface area contributed by atoms with E-state index in [0.29, 0.717) is 6.10 Å². The van der Waals surface area contributed by atoms with Crippen molar-refractivity contribution in [2.24, 2.45) is 5.92 Å². The summed E-state index contributed by atoms with van der Waals surface area (Å²) in [7, 11) is 1.36. The number of rotatable bonds is 4. The van der Waals surface area contributed by atoms with E-state index in [0.717, 1.165) is 30.1 Å². The van der Waals surface area contributed by atoms with E-state index in [4.69, 9.17) is 4.74 Å². The Hall–Kier alpha value is -1.77. The van der Waals surface area contributed by atoms with E-state index < -0.39 is 0 Å². The molecule has 0 unspecified atom stereocenters. The lowest BCUT2D eigenvalue weighted by molar-refractivity contribution is -0.134. The second kappa shape index (κ2) is 5.71.